The van der Waals surface area contributed by atoms with E-state index in [1.165, 1.54) is 24.8 Å². The Morgan fingerprint density at radius 1 is 1.31 bits per heavy atom. The lowest BCUT2D eigenvalue weighted by molar-refractivity contribution is -0.114. The van der Waals surface area contributed by atoms with Crippen molar-refractivity contribution in [2.24, 2.45) is 0 Å². The van der Waals surface area contributed by atoms with Crippen LogP contribution in [0.25, 0.3) is 11.0 Å². The molecular weight excluding hydrogens is 354 g/mol. The number of amides is 1. The zero-order chi connectivity index (χ0) is 18.9. The van der Waals surface area contributed by atoms with Gasteiger partial charge in [0, 0.05) is 35.9 Å². The van der Waals surface area contributed by atoms with Gasteiger partial charge < -0.3 is 9.73 Å². The van der Waals surface area contributed by atoms with E-state index >= 15 is 0 Å². The molecule has 2 heterocycles. The van der Waals surface area contributed by atoms with E-state index < -0.39 is 5.63 Å². The SMILES string of the molecule is CC(=O)Nc1ccc2c(CSc3nnnn3C(C)(C)C)cc(=O)oc2c1. The van der Waals surface area contributed by atoms with Gasteiger partial charge in [-0.2, -0.15) is 0 Å². The highest BCUT2D eigenvalue weighted by Gasteiger charge is 2.20. The molecule has 0 fully saturated rings. The average molecular weight is 373 g/mol. The van der Waals surface area contributed by atoms with Gasteiger partial charge >= 0.3 is 5.63 Å². The number of tetrazole rings is 1. The fourth-order valence-corrected chi connectivity index (χ4v) is 3.51. The first kappa shape index (κ1) is 18.1. The van der Waals surface area contributed by atoms with Crippen LogP contribution in [0, 0.1) is 0 Å². The summed E-state index contributed by atoms with van der Waals surface area (Å²) >= 11 is 1.45. The van der Waals surface area contributed by atoms with E-state index in [-0.39, 0.29) is 11.4 Å². The van der Waals surface area contributed by atoms with Crippen molar-refractivity contribution in [1.82, 2.24) is 20.2 Å². The van der Waals surface area contributed by atoms with Crippen molar-refractivity contribution in [2.45, 2.75) is 44.1 Å². The maximum absolute atomic E-state index is 11.9. The molecule has 3 rings (SSSR count). The second-order valence-electron chi connectivity index (χ2n) is 6.82. The third-order valence-corrected chi connectivity index (χ3v) is 4.55. The van der Waals surface area contributed by atoms with E-state index in [9.17, 15) is 9.59 Å². The lowest BCUT2D eigenvalue weighted by Crippen LogP contribution is -2.24. The first-order valence-electron chi connectivity index (χ1n) is 8.00. The molecule has 1 aromatic carbocycles. The number of fused-ring (bicyclic) bond motifs is 1. The number of nitrogens with one attached hydrogen (secondary N) is 1. The molecule has 1 amide bonds. The number of hydrogen-bond donors (Lipinski definition) is 1. The molecule has 3 aromatic rings. The lowest BCUT2D eigenvalue weighted by atomic mass is 10.1. The average Bonchev–Trinajstić information content (AvgIpc) is 3.00. The highest BCUT2D eigenvalue weighted by atomic mass is 32.2. The monoisotopic (exact) mass is 373 g/mol. The second kappa shape index (κ2) is 6.91. The normalized spacial score (nSPS) is 11.7. The van der Waals surface area contributed by atoms with Crippen LogP contribution in [-0.2, 0) is 16.1 Å². The molecule has 0 aliphatic rings. The third kappa shape index (κ3) is 3.93. The summed E-state index contributed by atoms with van der Waals surface area (Å²) in [5.41, 5.74) is 1.14. The van der Waals surface area contributed by atoms with Gasteiger partial charge in [0.25, 0.3) is 0 Å². The largest absolute Gasteiger partial charge is 0.423 e. The van der Waals surface area contributed by atoms with Crippen molar-refractivity contribution >= 4 is 34.3 Å². The number of carbonyl (C=O) groups excluding carboxylic acids is 1. The van der Waals surface area contributed by atoms with Crippen molar-refractivity contribution in [3.05, 3.63) is 40.2 Å². The minimum absolute atomic E-state index is 0.188. The smallest absolute Gasteiger partial charge is 0.336 e. The fraction of sp³-hybridized carbons (Fsp3) is 0.353. The number of carbonyl (C=O) groups is 1. The summed E-state index contributed by atoms with van der Waals surface area (Å²) < 4.78 is 7.03. The number of nitrogens with zero attached hydrogens (tertiary/aromatic N) is 4. The maximum atomic E-state index is 11.9. The molecule has 0 spiro atoms. The molecule has 2 aromatic heterocycles. The number of aromatic nitrogens is 4. The standard InChI is InChI=1S/C17H19N5O3S/c1-10(23)18-12-5-6-13-11(7-15(24)25-14(13)8-12)9-26-16-19-20-21-22(16)17(2,3)4/h5-8H,9H2,1-4H3,(H,18,23). The van der Waals surface area contributed by atoms with Crippen LogP contribution in [0.2, 0.25) is 0 Å². The van der Waals surface area contributed by atoms with Gasteiger partial charge in [0.2, 0.25) is 11.1 Å². The van der Waals surface area contributed by atoms with E-state index in [0.29, 0.717) is 22.2 Å². The Labute approximate surface area is 154 Å². The van der Waals surface area contributed by atoms with E-state index in [4.69, 9.17) is 4.42 Å². The molecule has 1 N–H and O–H groups in total. The number of hydrogen-bond acceptors (Lipinski definition) is 7. The van der Waals surface area contributed by atoms with Crippen molar-refractivity contribution < 1.29 is 9.21 Å². The molecule has 0 aliphatic carbocycles. The lowest BCUT2D eigenvalue weighted by Gasteiger charge is -2.19. The summed E-state index contributed by atoms with van der Waals surface area (Å²) in [5.74, 6) is 0.324. The fourth-order valence-electron chi connectivity index (χ4n) is 2.46. The molecule has 0 aliphatic heterocycles. The van der Waals surface area contributed by atoms with Gasteiger partial charge in [-0.1, -0.05) is 11.8 Å². The molecule has 0 bridgehead atoms. The summed E-state index contributed by atoms with van der Waals surface area (Å²) in [4.78, 5) is 23.1. The Hall–Kier alpha value is -2.68. The summed E-state index contributed by atoms with van der Waals surface area (Å²) in [6, 6.07) is 6.72. The van der Waals surface area contributed by atoms with Gasteiger partial charge in [-0.15, -0.1) is 5.10 Å². The van der Waals surface area contributed by atoms with Crippen LogP contribution in [0.4, 0.5) is 5.69 Å². The van der Waals surface area contributed by atoms with Crippen LogP contribution in [-0.4, -0.2) is 26.1 Å². The molecule has 0 atom stereocenters. The van der Waals surface area contributed by atoms with Crippen molar-refractivity contribution in [3.8, 4) is 0 Å². The summed E-state index contributed by atoms with van der Waals surface area (Å²) in [7, 11) is 0. The molecular formula is C17H19N5O3S. The summed E-state index contributed by atoms with van der Waals surface area (Å²) in [5, 5.41) is 16.0. The Balaban J connectivity index is 1.92. The highest BCUT2D eigenvalue weighted by molar-refractivity contribution is 7.98. The van der Waals surface area contributed by atoms with Crippen molar-refractivity contribution in [2.75, 3.05) is 5.32 Å². The van der Waals surface area contributed by atoms with Crippen LogP contribution in [0.1, 0.15) is 33.3 Å². The van der Waals surface area contributed by atoms with Gasteiger partial charge in [0.15, 0.2) is 0 Å². The van der Waals surface area contributed by atoms with Crippen LogP contribution < -0.4 is 10.9 Å². The van der Waals surface area contributed by atoms with Crippen molar-refractivity contribution in [3.63, 3.8) is 0 Å². The van der Waals surface area contributed by atoms with E-state index in [2.05, 4.69) is 20.8 Å². The van der Waals surface area contributed by atoms with Gasteiger partial charge in [-0.25, -0.2) is 9.48 Å². The predicted molar refractivity (Wildman–Crippen MR) is 99.2 cm³/mol. The Bertz CT molecular complexity index is 1020. The second-order valence-corrected chi connectivity index (χ2v) is 7.76. The third-order valence-electron chi connectivity index (χ3n) is 3.58. The topological polar surface area (TPSA) is 103 Å². The molecule has 8 nitrogen and oxygen atoms in total. The van der Waals surface area contributed by atoms with Gasteiger partial charge in [0.1, 0.15) is 5.58 Å². The quantitative estimate of drug-likeness (QED) is 0.554. The number of rotatable bonds is 4. The van der Waals surface area contributed by atoms with Gasteiger partial charge in [-0.3, -0.25) is 4.79 Å². The van der Waals surface area contributed by atoms with Crippen LogP contribution >= 0.6 is 11.8 Å². The predicted octanol–water partition coefficient (Wildman–Crippen LogP) is 2.79. The first-order valence-corrected chi connectivity index (χ1v) is 8.98. The minimum atomic E-state index is -0.441. The molecule has 0 unspecified atom stereocenters. The molecule has 0 radical (unpaired) electrons. The zero-order valence-electron chi connectivity index (χ0n) is 14.9. The Kier molecular flexibility index (Phi) is 4.82. The highest BCUT2D eigenvalue weighted by Crippen LogP contribution is 2.28. The number of thioether (sulfide) groups is 1. The molecule has 136 valence electrons. The molecule has 9 heteroatoms. The number of anilines is 1. The van der Waals surface area contributed by atoms with Gasteiger partial charge in [-0.05, 0) is 48.9 Å². The Morgan fingerprint density at radius 2 is 2.08 bits per heavy atom. The van der Waals surface area contributed by atoms with E-state index in [0.717, 1.165) is 10.9 Å². The Morgan fingerprint density at radius 3 is 2.77 bits per heavy atom. The molecule has 26 heavy (non-hydrogen) atoms. The van der Waals surface area contributed by atoms with Crippen molar-refractivity contribution in [1.29, 1.82) is 0 Å². The number of benzene rings is 1. The van der Waals surface area contributed by atoms with Crippen LogP contribution in [0.3, 0.4) is 0 Å². The van der Waals surface area contributed by atoms with E-state index in [1.807, 2.05) is 26.8 Å². The zero-order valence-corrected chi connectivity index (χ0v) is 15.8. The van der Waals surface area contributed by atoms with Gasteiger partial charge in [0.05, 0.1) is 5.54 Å². The maximum Gasteiger partial charge on any atom is 0.336 e. The molecule has 0 saturated carbocycles. The minimum Gasteiger partial charge on any atom is -0.423 e. The van der Waals surface area contributed by atoms with Crippen LogP contribution in [0.5, 0.6) is 0 Å². The van der Waals surface area contributed by atoms with Crippen LogP contribution in [0.15, 0.2) is 38.6 Å². The summed E-state index contributed by atoms with van der Waals surface area (Å²) in [6.45, 7) is 7.48. The van der Waals surface area contributed by atoms with E-state index in [1.54, 1.807) is 16.8 Å². The first-order chi connectivity index (χ1) is 12.2. The molecule has 0 saturated heterocycles. The summed E-state index contributed by atoms with van der Waals surface area (Å²) in [6.07, 6.45) is 0.